The molecule has 2 nitrogen and oxygen atoms in total. The van der Waals surface area contributed by atoms with Crippen LogP contribution in [-0.2, 0) is 6.42 Å². The van der Waals surface area contributed by atoms with Crippen LogP contribution in [0.5, 0.6) is 5.75 Å². The number of ether oxygens (including phenoxy) is 1. The van der Waals surface area contributed by atoms with Gasteiger partial charge in [-0.15, -0.1) is 0 Å². The largest absolute Gasteiger partial charge is 0.497 e. The van der Waals surface area contributed by atoms with Crippen molar-refractivity contribution in [2.24, 2.45) is 5.92 Å². The maximum Gasteiger partial charge on any atom is 0.119 e. The van der Waals surface area contributed by atoms with Crippen molar-refractivity contribution in [2.75, 3.05) is 13.7 Å². The summed E-state index contributed by atoms with van der Waals surface area (Å²) in [5, 5.41) is 3.77. The lowest BCUT2D eigenvalue weighted by Gasteiger charge is -2.29. The van der Waals surface area contributed by atoms with E-state index in [0.29, 0.717) is 6.04 Å². The van der Waals surface area contributed by atoms with E-state index in [4.69, 9.17) is 4.74 Å². The van der Waals surface area contributed by atoms with E-state index < -0.39 is 0 Å². The first-order valence-corrected chi connectivity index (χ1v) is 7.77. The van der Waals surface area contributed by atoms with E-state index in [9.17, 15) is 0 Å². The van der Waals surface area contributed by atoms with E-state index in [2.05, 4.69) is 23.5 Å². The van der Waals surface area contributed by atoms with Gasteiger partial charge in [-0.3, -0.25) is 0 Å². The summed E-state index contributed by atoms with van der Waals surface area (Å²) in [7, 11) is 1.75. The first-order chi connectivity index (χ1) is 9.36. The van der Waals surface area contributed by atoms with Gasteiger partial charge in [0.05, 0.1) is 7.11 Å². The van der Waals surface area contributed by atoms with Crippen LogP contribution in [0.3, 0.4) is 0 Å². The summed E-state index contributed by atoms with van der Waals surface area (Å²) in [6, 6.07) is 7.11. The summed E-state index contributed by atoms with van der Waals surface area (Å²) >= 11 is 0. The van der Waals surface area contributed by atoms with Gasteiger partial charge in [-0.1, -0.05) is 25.3 Å². The summed E-state index contributed by atoms with van der Waals surface area (Å²) in [5.74, 6) is 1.99. The highest BCUT2D eigenvalue weighted by molar-refractivity contribution is 5.39. The maximum absolute atomic E-state index is 5.37. The number of nitrogens with one attached hydrogen (secondary N) is 1. The van der Waals surface area contributed by atoms with Gasteiger partial charge in [-0.2, -0.15) is 0 Å². The molecule has 2 aliphatic rings. The van der Waals surface area contributed by atoms with Crippen LogP contribution in [0.25, 0.3) is 0 Å². The Morgan fingerprint density at radius 2 is 2.11 bits per heavy atom. The standard InChI is InChI=1S/C17H25NO/c1-19-15-9-8-14-6-3-7-17(16(14)12-15)18-11-10-13-4-2-5-13/h8-9,12-13,17-18H,2-7,10-11H2,1H3. The second kappa shape index (κ2) is 5.96. The van der Waals surface area contributed by atoms with Gasteiger partial charge in [0.25, 0.3) is 0 Å². The summed E-state index contributed by atoms with van der Waals surface area (Å²) in [4.78, 5) is 0. The quantitative estimate of drug-likeness (QED) is 0.867. The minimum atomic E-state index is 0.541. The molecule has 1 fully saturated rings. The topological polar surface area (TPSA) is 21.3 Å². The molecule has 104 valence electrons. The number of hydrogen-bond donors (Lipinski definition) is 1. The molecule has 0 radical (unpaired) electrons. The zero-order chi connectivity index (χ0) is 13.1. The molecule has 1 aromatic carbocycles. The Morgan fingerprint density at radius 3 is 2.84 bits per heavy atom. The fourth-order valence-electron chi connectivity index (χ4n) is 3.36. The van der Waals surface area contributed by atoms with Gasteiger partial charge in [0, 0.05) is 6.04 Å². The lowest BCUT2D eigenvalue weighted by atomic mass is 9.82. The normalized spacial score (nSPS) is 22.7. The van der Waals surface area contributed by atoms with Crippen LogP contribution in [0.1, 0.15) is 55.7 Å². The zero-order valence-corrected chi connectivity index (χ0v) is 12.0. The van der Waals surface area contributed by atoms with Crippen molar-refractivity contribution in [3.8, 4) is 5.75 Å². The predicted molar refractivity (Wildman–Crippen MR) is 78.6 cm³/mol. The van der Waals surface area contributed by atoms with E-state index in [-0.39, 0.29) is 0 Å². The van der Waals surface area contributed by atoms with Gasteiger partial charge in [0.2, 0.25) is 0 Å². The Kier molecular flexibility index (Phi) is 4.07. The van der Waals surface area contributed by atoms with Gasteiger partial charge >= 0.3 is 0 Å². The van der Waals surface area contributed by atoms with Gasteiger partial charge in [0.15, 0.2) is 0 Å². The molecular weight excluding hydrogens is 234 g/mol. The molecule has 0 aromatic heterocycles. The molecule has 19 heavy (non-hydrogen) atoms. The monoisotopic (exact) mass is 259 g/mol. The molecule has 0 aliphatic heterocycles. The molecule has 0 spiro atoms. The van der Waals surface area contributed by atoms with Crippen molar-refractivity contribution in [1.82, 2.24) is 5.32 Å². The third-order valence-corrected chi connectivity index (χ3v) is 4.84. The lowest BCUT2D eigenvalue weighted by molar-refractivity contribution is 0.284. The Bertz CT molecular complexity index is 425. The average Bonchev–Trinajstić information content (AvgIpc) is 2.41. The highest BCUT2D eigenvalue weighted by Gasteiger charge is 2.21. The van der Waals surface area contributed by atoms with Crippen molar-refractivity contribution in [3.05, 3.63) is 29.3 Å². The fourth-order valence-corrected chi connectivity index (χ4v) is 3.36. The molecule has 1 aromatic rings. The van der Waals surface area contributed by atoms with Crippen molar-refractivity contribution in [2.45, 2.75) is 51.0 Å². The van der Waals surface area contributed by atoms with E-state index >= 15 is 0 Å². The summed E-state index contributed by atoms with van der Waals surface area (Å²) < 4.78 is 5.37. The van der Waals surface area contributed by atoms with Crippen LogP contribution >= 0.6 is 0 Å². The Hall–Kier alpha value is -1.02. The molecule has 1 unspecified atom stereocenters. The molecular formula is C17H25NO. The van der Waals surface area contributed by atoms with Crippen molar-refractivity contribution >= 4 is 0 Å². The smallest absolute Gasteiger partial charge is 0.119 e. The SMILES string of the molecule is COc1ccc2c(c1)C(NCCC1CCC1)CCC2. The number of aryl methyl sites for hydroxylation is 1. The molecule has 2 heteroatoms. The summed E-state index contributed by atoms with van der Waals surface area (Å²) in [6.45, 7) is 1.17. The van der Waals surface area contributed by atoms with Crippen LogP contribution < -0.4 is 10.1 Å². The fraction of sp³-hybridized carbons (Fsp3) is 0.647. The first kappa shape index (κ1) is 13.0. The molecule has 1 atom stereocenters. The van der Waals surface area contributed by atoms with E-state index in [1.54, 1.807) is 7.11 Å². The van der Waals surface area contributed by atoms with Gasteiger partial charge < -0.3 is 10.1 Å². The third-order valence-electron chi connectivity index (χ3n) is 4.84. The average molecular weight is 259 g/mol. The number of fused-ring (bicyclic) bond motifs is 1. The third kappa shape index (κ3) is 2.94. The van der Waals surface area contributed by atoms with Crippen LogP contribution in [0.15, 0.2) is 18.2 Å². The number of methoxy groups -OCH3 is 1. The molecule has 1 saturated carbocycles. The number of benzene rings is 1. The number of hydrogen-bond acceptors (Lipinski definition) is 2. The second-order valence-electron chi connectivity index (χ2n) is 6.05. The van der Waals surface area contributed by atoms with Crippen molar-refractivity contribution < 1.29 is 4.74 Å². The zero-order valence-electron chi connectivity index (χ0n) is 12.0. The van der Waals surface area contributed by atoms with Crippen LogP contribution in [0, 0.1) is 5.92 Å². The lowest BCUT2D eigenvalue weighted by Crippen LogP contribution is -2.28. The van der Waals surface area contributed by atoms with Gasteiger partial charge in [-0.25, -0.2) is 0 Å². The molecule has 2 aliphatic carbocycles. The van der Waals surface area contributed by atoms with E-state index in [1.165, 1.54) is 62.6 Å². The summed E-state index contributed by atoms with van der Waals surface area (Å²) in [5.41, 5.74) is 2.98. The molecule has 3 rings (SSSR count). The highest BCUT2D eigenvalue weighted by atomic mass is 16.5. The first-order valence-electron chi connectivity index (χ1n) is 7.77. The van der Waals surface area contributed by atoms with Crippen LogP contribution in [0.2, 0.25) is 0 Å². The molecule has 0 heterocycles. The highest BCUT2D eigenvalue weighted by Crippen LogP contribution is 2.33. The predicted octanol–water partition coefficient (Wildman–Crippen LogP) is 3.85. The second-order valence-corrected chi connectivity index (χ2v) is 6.05. The van der Waals surface area contributed by atoms with Crippen molar-refractivity contribution in [3.63, 3.8) is 0 Å². The maximum atomic E-state index is 5.37. The minimum Gasteiger partial charge on any atom is -0.497 e. The van der Waals surface area contributed by atoms with E-state index in [1.807, 2.05) is 0 Å². The van der Waals surface area contributed by atoms with Crippen molar-refractivity contribution in [1.29, 1.82) is 0 Å². The molecule has 1 N–H and O–H groups in total. The Labute approximate surface area is 116 Å². The van der Waals surface area contributed by atoms with Gasteiger partial charge in [-0.05, 0) is 61.4 Å². The van der Waals surface area contributed by atoms with Gasteiger partial charge in [0.1, 0.15) is 5.75 Å². The van der Waals surface area contributed by atoms with Crippen LogP contribution in [-0.4, -0.2) is 13.7 Å². The Morgan fingerprint density at radius 1 is 1.21 bits per heavy atom. The minimum absolute atomic E-state index is 0.541. The van der Waals surface area contributed by atoms with Crippen LogP contribution in [0.4, 0.5) is 0 Å². The summed E-state index contributed by atoms with van der Waals surface area (Å²) in [6.07, 6.45) is 9.52. The molecule has 0 amide bonds. The number of rotatable bonds is 5. The Balaban J connectivity index is 1.62. The molecule has 0 saturated heterocycles. The van der Waals surface area contributed by atoms with E-state index in [0.717, 1.165) is 11.7 Å². The molecule has 0 bridgehead atoms.